The third kappa shape index (κ3) is 11.3. The number of aliphatic hydroxyl groups excluding tert-OH is 1. The summed E-state index contributed by atoms with van der Waals surface area (Å²) in [5.41, 5.74) is 1.23. The van der Waals surface area contributed by atoms with Gasteiger partial charge in [0.15, 0.2) is 0 Å². The van der Waals surface area contributed by atoms with Crippen LogP contribution in [-0.2, 0) is 30.3 Å². The van der Waals surface area contributed by atoms with Crippen LogP contribution in [0.3, 0.4) is 0 Å². The number of anilines is 1. The summed E-state index contributed by atoms with van der Waals surface area (Å²) in [7, 11) is 1.50. The number of fused-ring (bicyclic) bond motifs is 2. The topological polar surface area (TPSA) is 154 Å². The number of ether oxygens (including phenoxy) is 2. The number of phenols is 2. The number of aliphatic hydroxyl groups is 1. The third-order valence-corrected chi connectivity index (χ3v) is 9.84. The molecular weight excluding hydrogens is 632 g/mol. The Morgan fingerprint density at radius 2 is 1.81 bits per heavy atom. The van der Waals surface area contributed by atoms with Crippen molar-refractivity contribution >= 4 is 35.2 Å². The molecule has 5 atom stereocenters. The normalized spacial score (nSPS) is 27.2. The van der Waals surface area contributed by atoms with Crippen molar-refractivity contribution in [1.82, 2.24) is 5.32 Å². The van der Waals surface area contributed by atoms with Crippen LogP contribution in [0.15, 0.2) is 59.1 Å². The van der Waals surface area contributed by atoms with E-state index in [1.54, 1.807) is 44.4 Å². The van der Waals surface area contributed by atoms with Gasteiger partial charge in [0.1, 0.15) is 29.3 Å². The molecule has 3 rings (SSSR count). The lowest BCUT2D eigenvalue weighted by molar-refractivity contribution is -0.156. The summed E-state index contributed by atoms with van der Waals surface area (Å²) in [6.07, 6.45) is 18.0. The van der Waals surface area contributed by atoms with Gasteiger partial charge in [-0.15, -0.1) is 11.8 Å². The number of esters is 1. The molecule has 2 aliphatic rings. The Morgan fingerprint density at radius 3 is 2.50 bits per heavy atom. The minimum absolute atomic E-state index is 0.0147. The Labute approximate surface area is 288 Å². The summed E-state index contributed by atoms with van der Waals surface area (Å²) in [4.78, 5) is 39.2. The summed E-state index contributed by atoms with van der Waals surface area (Å²) < 4.78 is 11.4. The molecule has 5 unspecified atom stereocenters. The molecule has 0 aromatic heterocycles. The first kappa shape index (κ1) is 38.9. The van der Waals surface area contributed by atoms with Gasteiger partial charge >= 0.3 is 5.97 Å². The van der Waals surface area contributed by atoms with Crippen LogP contribution in [0.25, 0.3) is 0 Å². The number of benzene rings is 1. The highest BCUT2D eigenvalue weighted by atomic mass is 32.2. The molecule has 48 heavy (non-hydrogen) atoms. The molecule has 0 spiro atoms. The molecular formula is C37H52N2O8S. The van der Waals surface area contributed by atoms with E-state index in [0.29, 0.717) is 35.3 Å². The number of nitrogens with one attached hydrogen (secondary N) is 2. The Morgan fingerprint density at radius 1 is 1.10 bits per heavy atom. The number of methoxy groups -OCH3 is 1. The maximum Gasteiger partial charge on any atom is 0.328 e. The number of aromatic hydroxyl groups is 2. The largest absolute Gasteiger partial charge is 0.507 e. The van der Waals surface area contributed by atoms with Gasteiger partial charge in [-0.25, -0.2) is 4.79 Å². The van der Waals surface area contributed by atoms with Crippen molar-refractivity contribution in [2.45, 2.75) is 108 Å². The number of phenolic OH excluding ortho intramolecular Hbond substituents is 2. The Bertz CT molecular complexity index is 1380. The zero-order valence-corrected chi connectivity index (χ0v) is 29.6. The molecule has 0 saturated heterocycles. The summed E-state index contributed by atoms with van der Waals surface area (Å²) in [6.45, 7) is 5.23. The Hall–Kier alpha value is -3.54. The molecule has 1 saturated carbocycles. The van der Waals surface area contributed by atoms with Crippen molar-refractivity contribution in [1.29, 1.82) is 0 Å². The van der Waals surface area contributed by atoms with Crippen molar-refractivity contribution in [3.05, 3.63) is 59.7 Å². The lowest BCUT2D eigenvalue weighted by Crippen LogP contribution is -2.45. The molecule has 10 nitrogen and oxygen atoms in total. The second kappa shape index (κ2) is 19.5. The van der Waals surface area contributed by atoms with Crippen LogP contribution in [0.2, 0.25) is 0 Å². The Kier molecular flexibility index (Phi) is 15.8. The molecule has 0 radical (unpaired) electrons. The van der Waals surface area contributed by atoms with E-state index in [2.05, 4.69) is 10.6 Å². The van der Waals surface area contributed by atoms with E-state index in [-0.39, 0.29) is 41.3 Å². The molecule has 1 aromatic rings. The zero-order valence-electron chi connectivity index (χ0n) is 28.7. The number of aryl methyl sites for hydroxylation is 1. The number of allylic oxidation sites excluding steroid dienone is 5. The first-order valence-electron chi connectivity index (χ1n) is 16.8. The van der Waals surface area contributed by atoms with Crippen molar-refractivity contribution in [3.8, 4) is 11.5 Å². The Balaban J connectivity index is 1.86. The van der Waals surface area contributed by atoms with Crippen LogP contribution in [0, 0.1) is 11.8 Å². The third-order valence-electron chi connectivity index (χ3n) is 9.02. The van der Waals surface area contributed by atoms with Gasteiger partial charge in [-0.1, -0.05) is 68.7 Å². The maximum atomic E-state index is 13.2. The number of carbonyl (C=O) groups excluding carboxylic acids is 3. The van der Waals surface area contributed by atoms with E-state index in [1.165, 1.54) is 24.9 Å². The summed E-state index contributed by atoms with van der Waals surface area (Å²) in [6, 6.07) is 0.651. The molecule has 1 fully saturated rings. The highest BCUT2D eigenvalue weighted by Crippen LogP contribution is 2.43. The predicted molar refractivity (Wildman–Crippen MR) is 189 cm³/mol. The van der Waals surface area contributed by atoms with Crippen molar-refractivity contribution in [2.75, 3.05) is 18.7 Å². The number of hydrogen-bond acceptors (Lipinski definition) is 9. The molecule has 264 valence electrons. The number of hydrogen-bond donors (Lipinski definition) is 5. The van der Waals surface area contributed by atoms with Gasteiger partial charge in [-0.3, -0.25) is 9.59 Å². The molecule has 2 bridgehead atoms. The molecule has 1 aliphatic carbocycles. The van der Waals surface area contributed by atoms with Gasteiger partial charge in [0, 0.05) is 30.9 Å². The van der Waals surface area contributed by atoms with E-state index in [0.717, 1.165) is 32.1 Å². The van der Waals surface area contributed by atoms with Gasteiger partial charge in [0.2, 0.25) is 11.8 Å². The molecule has 5 N–H and O–H groups in total. The predicted octanol–water partition coefficient (Wildman–Crippen LogP) is 6.11. The van der Waals surface area contributed by atoms with E-state index >= 15 is 0 Å². The fourth-order valence-electron chi connectivity index (χ4n) is 5.99. The first-order valence-corrected chi connectivity index (χ1v) is 18.0. The highest BCUT2D eigenvalue weighted by Gasteiger charge is 2.31. The summed E-state index contributed by atoms with van der Waals surface area (Å²) in [5.74, 6) is -1.84. The average molecular weight is 685 g/mol. The van der Waals surface area contributed by atoms with Gasteiger partial charge in [0.05, 0.1) is 23.5 Å². The van der Waals surface area contributed by atoms with Crippen molar-refractivity contribution in [2.24, 2.45) is 11.8 Å². The van der Waals surface area contributed by atoms with E-state index < -0.39 is 36.2 Å². The molecule has 11 heteroatoms. The number of thioether (sulfide) groups is 1. The SMILES string of the molecule is COC1/C=C/C=C/C=C/CC(OC(=O)C(C)NC(=O)C2CCCCC2)C(C)C(O)/C(C)=C\CCc2cc(O)c(SC)c(c2O)NC(=O)C1. The van der Waals surface area contributed by atoms with E-state index in [9.17, 15) is 29.7 Å². The molecule has 1 heterocycles. The van der Waals surface area contributed by atoms with Gasteiger partial charge < -0.3 is 35.4 Å². The van der Waals surface area contributed by atoms with Gasteiger partial charge in [0.25, 0.3) is 0 Å². The summed E-state index contributed by atoms with van der Waals surface area (Å²) >= 11 is 1.20. The fraction of sp³-hybridized carbons (Fsp3) is 0.541. The van der Waals surface area contributed by atoms with Crippen molar-refractivity contribution < 1.29 is 39.2 Å². The first-order chi connectivity index (χ1) is 23.0. The zero-order chi connectivity index (χ0) is 35.2. The fourth-order valence-corrected chi connectivity index (χ4v) is 6.61. The van der Waals surface area contributed by atoms with Crippen LogP contribution < -0.4 is 10.6 Å². The molecule has 2 amide bonds. The maximum absolute atomic E-state index is 13.2. The van der Waals surface area contributed by atoms with Crippen LogP contribution in [0.1, 0.15) is 77.7 Å². The van der Waals surface area contributed by atoms with E-state index in [1.807, 2.05) is 25.2 Å². The minimum Gasteiger partial charge on any atom is -0.507 e. The summed E-state index contributed by atoms with van der Waals surface area (Å²) in [5, 5.41) is 38.7. The standard InChI is InChI=1S/C37H52N2O8S/c1-23-15-14-18-27-21-29(40)35(48-5)32(34(27)43)39-31(41)22-28(46-4)19-12-7-6-8-13-20-30(24(2)33(23)42)47-37(45)25(3)38-36(44)26-16-10-9-11-17-26/h6-8,12-13,15,19,21,24-26,28,30,33,40,42-43H,9-11,14,16-18,20,22H2,1-5H3,(H,38,44)(H,39,41)/b7-6+,13-8+,19-12+,23-15-. The lowest BCUT2D eigenvalue weighted by atomic mass is 9.88. The second-order valence-corrected chi connectivity index (χ2v) is 13.4. The molecule has 1 aromatic carbocycles. The lowest BCUT2D eigenvalue weighted by Gasteiger charge is -2.29. The number of rotatable bonds is 6. The van der Waals surface area contributed by atoms with Crippen molar-refractivity contribution in [3.63, 3.8) is 0 Å². The van der Waals surface area contributed by atoms with Crippen LogP contribution in [-0.4, -0.2) is 70.8 Å². The quantitative estimate of drug-likeness (QED) is 0.0785. The monoisotopic (exact) mass is 684 g/mol. The minimum atomic E-state index is -0.947. The average Bonchev–Trinajstić information content (AvgIpc) is 3.07. The van der Waals surface area contributed by atoms with Crippen LogP contribution in [0.5, 0.6) is 11.5 Å². The second-order valence-electron chi connectivity index (χ2n) is 12.6. The van der Waals surface area contributed by atoms with Gasteiger partial charge in [-0.2, -0.15) is 0 Å². The number of carbonyl (C=O) groups is 3. The molecule has 1 aliphatic heterocycles. The van der Waals surface area contributed by atoms with Crippen LogP contribution >= 0.6 is 11.8 Å². The highest BCUT2D eigenvalue weighted by molar-refractivity contribution is 7.98. The van der Waals surface area contributed by atoms with E-state index in [4.69, 9.17) is 9.47 Å². The van der Waals surface area contributed by atoms with Crippen LogP contribution in [0.4, 0.5) is 5.69 Å². The van der Waals surface area contributed by atoms with Gasteiger partial charge in [-0.05, 0) is 57.4 Å². The smallest absolute Gasteiger partial charge is 0.328 e. The number of amides is 2.